The molecule has 0 aliphatic rings. The number of amides is 1. The third kappa shape index (κ3) is 3.90. The number of hydrogen-bond donors (Lipinski definition) is 1. The van der Waals surface area contributed by atoms with Gasteiger partial charge < -0.3 is 10.5 Å². The molecule has 0 spiro atoms. The van der Waals surface area contributed by atoms with Gasteiger partial charge in [0.15, 0.2) is 6.61 Å². The highest BCUT2D eigenvalue weighted by Gasteiger charge is 2.22. The van der Waals surface area contributed by atoms with E-state index in [4.69, 9.17) is 5.73 Å². The van der Waals surface area contributed by atoms with E-state index in [1.54, 1.807) is 30.3 Å². The van der Waals surface area contributed by atoms with E-state index in [9.17, 15) is 18.0 Å². The second-order valence-corrected chi connectivity index (χ2v) is 6.85. The summed E-state index contributed by atoms with van der Waals surface area (Å²) in [6.45, 7) is -0.570. The summed E-state index contributed by atoms with van der Waals surface area (Å²) in [6, 6.07) is 13.9. The van der Waals surface area contributed by atoms with Crippen LogP contribution in [-0.2, 0) is 19.6 Å². The van der Waals surface area contributed by atoms with Crippen molar-refractivity contribution in [2.45, 2.75) is 4.90 Å². The van der Waals surface area contributed by atoms with E-state index < -0.39 is 28.5 Å². The first-order valence-electron chi connectivity index (χ1n) is 6.92. The molecule has 0 saturated carbocycles. The molecule has 24 heavy (non-hydrogen) atoms. The third-order valence-corrected chi connectivity index (χ3v) is 4.98. The number of carbonyl (C=O) groups excluding carboxylic acids is 2. The van der Waals surface area contributed by atoms with Crippen molar-refractivity contribution >= 4 is 27.6 Å². The Kier molecular flexibility index (Phi) is 5.20. The van der Waals surface area contributed by atoms with Crippen LogP contribution in [0.3, 0.4) is 0 Å². The Labute approximate surface area is 139 Å². The summed E-state index contributed by atoms with van der Waals surface area (Å²) in [4.78, 5) is 22.4. The SMILES string of the molecule is CN(c1ccccc1)S(=O)(=O)c1cccc(C(=O)OCC(N)=O)c1. The maximum Gasteiger partial charge on any atom is 0.338 e. The molecule has 2 aromatic rings. The summed E-state index contributed by atoms with van der Waals surface area (Å²) in [5.41, 5.74) is 5.40. The molecule has 7 nitrogen and oxygen atoms in total. The molecule has 0 saturated heterocycles. The van der Waals surface area contributed by atoms with Crippen molar-refractivity contribution in [3.8, 4) is 0 Å². The average molecular weight is 348 g/mol. The number of ether oxygens (including phenoxy) is 1. The minimum absolute atomic E-state index is 0.0128. The number of rotatable bonds is 6. The molecule has 0 aliphatic heterocycles. The topological polar surface area (TPSA) is 107 Å². The Bertz CT molecular complexity index is 850. The van der Waals surface area contributed by atoms with E-state index in [-0.39, 0.29) is 10.5 Å². The van der Waals surface area contributed by atoms with Gasteiger partial charge in [0.25, 0.3) is 15.9 Å². The summed E-state index contributed by atoms with van der Waals surface area (Å²) in [5.74, 6) is -1.62. The average Bonchev–Trinajstić information content (AvgIpc) is 2.59. The van der Waals surface area contributed by atoms with Crippen molar-refractivity contribution in [2.75, 3.05) is 18.0 Å². The van der Waals surface area contributed by atoms with Crippen LogP contribution in [0.5, 0.6) is 0 Å². The van der Waals surface area contributed by atoms with Crippen LogP contribution in [0.15, 0.2) is 59.5 Å². The van der Waals surface area contributed by atoms with Crippen molar-refractivity contribution in [1.82, 2.24) is 0 Å². The monoisotopic (exact) mass is 348 g/mol. The highest BCUT2D eigenvalue weighted by atomic mass is 32.2. The lowest BCUT2D eigenvalue weighted by Crippen LogP contribution is -2.26. The lowest BCUT2D eigenvalue weighted by Gasteiger charge is -2.19. The van der Waals surface area contributed by atoms with Crippen LogP contribution in [0.25, 0.3) is 0 Å². The van der Waals surface area contributed by atoms with Gasteiger partial charge in [-0.3, -0.25) is 9.10 Å². The molecule has 0 aromatic heterocycles. The molecule has 0 unspecified atom stereocenters. The molecule has 0 fully saturated rings. The molecular weight excluding hydrogens is 332 g/mol. The van der Waals surface area contributed by atoms with Crippen LogP contribution >= 0.6 is 0 Å². The first-order valence-corrected chi connectivity index (χ1v) is 8.36. The summed E-state index contributed by atoms with van der Waals surface area (Å²) in [7, 11) is -2.43. The first kappa shape index (κ1) is 17.5. The molecule has 126 valence electrons. The van der Waals surface area contributed by atoms with Crippen LogP contribution in [0.4, 0.5) is 5.69 Å². The molecule has 0 atom stereocenters. The summed E-state index contributed by atoms with van der Waals surface area (Å²) in [5, 5.41) is 0. The van der Waals surface area contributed by atoms with E-state index in [2.05, 4.69) is 4.74 Å². The van der Waals surface area contributed by atoms with Gasteiger partial charge in [0.1, 0.15) is 0 Å². The van der Waals surface area contributed by atoms with Gasteiger partial charge in [-0.25, -0.2) is 13.2 Å². The number of carbonyl (C=O) groups is 2. The number of esters is 1. The minimum Gasteiger partial charge on any atom is -0.452 e. The van der Waals surface area contributed by atoms with Gasteiger partial charge in [0.2, 0.25) is 0 Å². The minimum atomic E-state index is -3.85. The van der Waals surface area contributed by atoms with Gasteiger partial charge in [-0.15, -0.1) is 0 Å². The second kappa shape index (κ2) is 7.14. The Morgan fingerprint density at radius 1 is 1.08 bits per heavy atom. The smallest absolute Gasteiger partial charge is 0.338 e. The summed E-state index contributed by atoms with van der Waals surface area (Å²) in [6.07, 6.45) is 0. The van der Waals surface area contributed by atoms with Gasteiger partial charge in [0.05, 0.1) is 16.1 Å². The molecule has 0 bridgehead atoms. The molecule has 2 aromatic carbocycles. The predicted octanol–water partition coefficient (Wildman–Crippen LogP) is 1.15. The van der Waals surface area contributed by atoms with Crippen molar-refractivity contribution in [1.29, 1.82) is 0 Å². The van der Waals surface area contributed by atoms with Crippen LogP contribution in [-0.4, -0.2) is 33.9 Å². The fraction of sp³-hybridized carbons (Fsp3) is 0.125. The predicted molar refractivity (Wildman–Crippen MR) is 87.9 cm³/mol. The maximum atomic E-state index is 12.7. The Balaban J connectivity index is 2.30. The number of nitrogens with two attached hydrogens (primary N) is 1. The van der Waals surface area contributed by atoms with Gasteiger partial charge >= 0.3 is 5.97 Å². The van der Waals surface area contributed by atoms with E-state index in [0.717, 1.165) is 4.31 Å². The van der Waals surface area contributed by atoms with Gasteiger partial charge in [-0.05, 0) is 30.3 Å². The van der Waals surface area contributed by atoms with Gasteiger partial charge in [-0.2, -0.15) is 0 Å². The number of hydrogen-bond acceptors (Lipinski definition) is 5. The largest absolute Gasteiger partial charge is 0.452 e. The lowest BCUT2D eigenvalue weighted by molar-refractivity contribution is -0.121. The lowest BCUT2D eigenvalue weighted by atomic mass is 10.2. The van der Waals surface area contributed by atoms with Crippen LogP contribution in [0, 0.1) is 0 Å². The van der Waals surface area contributed by atoms with Crippen molar-refractivity contribution in [2.24, 2.45) is 5.73 Å². The molecule has 0 aliphatic carbocycles. The Hall–Kier alpha value is -2.87. The normalized spacial score (nSPS) is 10.9. The summed E-state index contributed by atoms with van der Waals surface area (Å²) < 4.78 is 31.1. The summed E-state index contributed by atoms with van der Waals surface area (Å²) >= 11 is 0. The Morgan fingerprint density at radius 3 is 2.38 bits per heavy atom. The van der Waals surface area contributed by atoms with E-state index in [1.807, 2.05) is 0 Å². The zero-order chi connectivity index (χ0) is 17.7. The third-order valence-electron chi connectivity index (χ3n) is 3.19. The standard InChI is InChI=1S/C16H16N2O5S/c1-18(13-7-3-2-4-8-13)24(21,22)14-9-5-6-12(10-14)16(20)23-11-15(17)19/h2-10H,11H2,1H3,(H2,17,19). The van der Waals surface area contributed by atoms with Crippen LogP contribution in [0.2, 0.25) is 0 Å². The number of primary amides is 1. The molecule has 1 amide bonds. The fourth-order valence-corrected chi connectivity index (χ4v) is 3.18. The highest BCUT2D eigenvalue weighted by molar-refractivity contribution is 7.92. The number of para-hydroxylation sites is 1. The molecule has 0 heterocycles. The van der Waals surface area contributed by atoms with E-state index in [1.165, 1.54) is 31.3 Å². The highest BCUT2D eigenvalue weighted by Crippen LogP contribution is 2.22. The number of anilines is 1. The first-order chi connectivity index (χ1) is 11.3. The Morgan fingerprint density at radius 2 is 1.75 bits per heavy atom. The molecule has 2 rings (SSSR count). The number of benzene rings is 2. The number of nitrogens with zero attached hydrogens (tertiary/aromatic N) is 1. The molecule has 2 N–H and O–H groups in total. The van der Waals surface area contributed by atoms with Crippen molar-refractivity contribution in [3.63, 3.8) is 0 Å². The molecular formula is C16H16N2O5S. The maximum absolute atomic E-state index is 12.7. The van der Waals surface area contributed by atoms with Gasteiger partial charge in [-0.1, -0.05) is 24.3 Å². The zero-order valence-electron chi connectivity index (χ0n) is 12.9. The van der Waals surface area contributed by atoms with Gasteiger partial charge in [0, 0.05) is 7.05 Å². The van der Waals surface area contributed by atoms with E-state index in [0.29, 0.717) is 5.69 Å². The molecule has 0 radical (unpaired) electrons. The van der Waals surface area contributed by atoms with E-state index >= 15 is 0 Å². The zero-order valence-corrected chi connectivity index (χ0v) is 13.7. The van der Waals surface area contributed by atoms with Crippen LogP contribution in [0.1, 0.15) is 10.4 Å². The van der Waals surface area contributed by atoms with Crippen LogP contribution < -0.4 is 10.0 Å². The fourth-order valence-electron chi connectivity index (χ4n) is 1.94. The molecule has 8 heteroatoms. The quantitative estimate of drug-likeness (QED) is 0.788. The number of sulfonamides is 1. The van der Waals surface area contributed by atoms with Crippen molar-refractivity contribution in [3.05, 3.63) is 60.2 Å². The van der Waals surface area contributed by atoms with Crippen molar-refractivity contribution < 1.29 is 22.7 Å². The second-order valence-electron chi connectivity index (χ2n) is 4.88.